The minimum absolute atomic E-state index is 0. The molecule has 132 valence electrons. The summed E-state index contributed by atoms with van der Waals surface area (Å²) in [5.74, 6) is 1.47. The standard InChI is InChI=1S/C16H20ClN5.2ClH/c17-13-4-2-1-3-10(13)5-6-20-15-9-14(21-16(19)22-15)11-7-12(18)8-11;;/h1-4,9,11-12H,5-8,18H2,(H3,19,20,21,22);2*1H. The smallest absolute Gasteiger partial charge is 0.222 e. The van der Waals surface area contributed by atoms with E-state index in [-0.39, 0.29) is 30.9 Å². The molecule has 1 aliphatic carbocycles. The molecule has 5 nitrogen and oxygen atoms in total. The minimum atomic E-state index is 0. The van der Waals surface area contributed by atoms with Crippen LogP contribution in [0.3, 0.4) is 0 Å². The van der Waals surface area contributed by atoms with Gasteiger partial charge in [-0.05, 0) is 30.9 Å². The number of hydrogen-bond donors (Lipinski definition) is 3. The molecule has 24 heavy (non-hydrogen) atoms. The zero-order chi connectivity index (χ0) is 15.5. The molecule has 1 aromatic carbocycles. The third kappa shape index (κ3) is 5.11. The average Bonchev–Trinajstić information content (AvgIpc) is 2.45. The van der Waals surface area contributed by atoms with Crippen molar-refractivity contribution >= 4 is 48.2 Å². The van der Waals surface area contributed by atoms with Crippen molar-refractivity contribution in [2.45, 2.75) is 31.2 Å². The van der Waals surface area contributed by atoms with E-state index in [1.165, 1.54) is 0 Å². The van der Waals surface area contributed by atoms with Gasteiger partial charge in [0.25, 0.3) is 0 Å². The molecule has 1 fully saturated rings. The van der Waals surface area contributed by atoms with Gasteiger partial charge in [-0.3, -0.25) is 0 Å². The monoisotopic (exact) mass is 389 g/mol. The van der Waals surface area contributed by atoms with E-state index in [0.717, 1.165) is 47.9 Å². The molecule has 2 aromatic rings. The van der Waals surface area contributed by atoms with Gasteiger partial charge in [0, 0.05) is 29.6 Å². The highest BCUT2D eigenvalue weighted by atomic mass is 35.5. The number of nitrogens with two attached hydrogens (primary N) is 2. The Morgan fingerprint density at radius 2 is 1.88 bits per heavy atom. The van der Waals surface area contributed by atoms with Crippen LogP contribution in [0.2, 0.25) is 5.02 Å². The van der Waals surface area contributed by atoms with Crippen LogP contribution >= 0.6 is 36.4 Å². The van der Waals surface area contributed by atoms with Crippen molar-refractivity contribution in [1.82, 2.24) is 9.97 Å². The number of rotatable bonds is 5. The van der Waals surface area contributed by atoms with Gasteiger partial charge < -0.3 is 16.8 Å². The highest BCUT2D eigenvalue weighted by molar-refractivity contribution is 6.31. The molecule has 8 heteroatoms. The molecular formula is C16H22Cl3N5. The molecule has 0 saturated heterocycles. The maximum absolute atomic E-state index is 6.15. The van der Waals surface area contributed by atoms with E-state index in [4.69, 9.17) is 23.1 Å². The van der Waals surface area contributed by atoms with Crippen LogP contribution in [0.5, 0.6) is 0 Å². The van der Waals surface area contributed by atoms with Gasteiger partial charge in [-0.2, -0.15) is 4.98 Å². The molecule has 0 radical (unpaired) electrons. The van der Waals surface area contributed by atoms with Gasteiger partial charge >= 0.3 is 0 Å². The van der Waals surface area contributed by atoms with Crippen LogP contribution in [0.15, 0.2) is 30.3 Å². The van der Waals surface area contributed by atoms with Crippen LogP contribution in [0.25, 0.3) is 0 Å². The second kappa shape index (κ2) is 9.28. The second-order valence-corrected chi connectivity index (χ2v) is 6.14. The molecule has 0 aliphatic heterocycles. The van der Waals surface area contributed by atoms with Crippen LogP contribution in [0.4, 0.5) is 11.8 Å². The molecule has 3 rings (SSSR count). The predicted octanol–water partition coefficient (Wildman–Crippen LogP) is 3.42. The Bertz CT molecular complexity index is 662. The van der Waals surface area contributed by atoms with Gasteiger partial charge in [-0.1, -0.05) is 29.8 Å². The first-order valence-electron chi connectivity index (χ1n) is 7.49. The van der Waals surface area contributed by atoms with E-state index >= 15 is 0 Å². The molecule has 5 N–H and O–H groups in total. The summed E-state index contributed by atoms with van der Waals surface area (Å²) in [6, 6.07) is 10.1. The summed E-state index contributed by atoms with van der Waals surface area (Å²) < 4.78 is 0. The molecule has 1 saturated carbocycles. The zero-order valence-corrected chi connectivity index (χ0v) is 15.5. The van der Waals surface area contributed by atoms with Gasteiger partial charge in [-0.15, -0.1) is 24.8 Å². The Labute approximate surface area is 159 Å². The Kier molecular flexibility index (Phi) is 8.03. The molecule has 0 spiro atoms. The van der Waals surface area contributed by atoms with E-state index in [2.05, 4.69) is 15.3 Å². The molecule has 0 unspecified atom stereocenters. The Hall–Kier alpha value is -1.27. The van der Waals surface area contributed by atoms with Gasteiger partial charge in [0.15, 0.2) is 0 Å². The van der Waals surface area contributed by atoms with Gasteiger partial charge in [0.2, 0.25) is 5.95 Å². The van der Waals surface area contributed by atoms with Crippen molar-refractivity contribution in [3.05, 3.63) is 46.6 Å². The van der Waals surface area contributed by atoms with Crippen LogP contribution in [0.1, 0.15) is 30.0 Å². The summed E-state index contributed by atoms with van der Waals surface area (Å²) in [6.07, 6.45) is 2.76. The van der Waals surface area contributed by atoms with Gasteiger partial charge in [0.1, 0.15) is 5.82 Å². The lowest BCUT2D eigenvalue weighted by atomic mass is 9.78. The van der Waals surface area contributed by atoms with Crippen molar-refractivity contribution in [2.24, 2.45) is 5.73 Å². The lowest BCUT2D eigenvalue weighted by Gasteiger charge is -2.32. The summed E-state index contributed by atoms with van der Waals surface area (Å²) in [7, 11) is 0. The first-order chi connectivity index (χ1) is 10.6. The average molecular weight is 391 g/mol. The van der Waals surface area contributed by atoms with Crippen molar-refractivity contribution in [3.63, 3.8) is 0 Å². The topological polar surface area (TPSA) is 89.8 Å². The molecular weight excluding hydrogens is 369 g/mol. The van der Waals surface area contributed by atoms with Gasteiger partial charge in [0.05, 0.1) is 5.69 Å². The number of nitrogen functional groups attached to an aromatic ring is 1. The third-order valence-corrected chi connectivity index (χ3v) is 4.38. The molecule has 0 bridgehead atoms. The Balaban J connectivity index is 0.00000144. The number of hydrogen-bond acceptors (Lipinski definition) is 5. The Morgan fingerprint density at radius 1 is 1.17 bits per heavy atom. The zero-order valence-electron chi connectivity index (χ0n) is 13.1. The minimum Gasteiger partial charge on any atom is -0.370 e. The van der Waals surface area contributed by atoms with E-state index in [9.17, 15) is 0 Å². The number of aromatic nitrogens is 2. The summed E-state index contributed by atoms with van der Waals surface area (Å²) in [5.41, 5.74) is 13.7. The lowest BCUT2D eigenvalue weighted by molar-refractivity contribution is 0.345. The summed E-state index contributed by atoms with van der Waals surface area (Å²) in [6.45, 7) is 0.740. The van der Waals surface area contributed by atoms with E-state index in [1.807, 2.05) is 30.3 Å². The van der Waals surface area contributed by atoms with Crippen molar-refractivity contribution in [1.29, 1.82) is 0 Å². The number of benzene rings is 1. The number of anilines is 2. The first-order valence-corrected chi connectivity index (χ1v) is 7.87. The van der Waals surface area contributed by atoms with Gasteiger partial charge in [-0.25, -0.2) is 4.98 Å². The molecule has 1 heterocycles. The van der Waals surface area contributed by atoms with Crippen molar-refractivity contribution in [3.8, 4) is 0 Å². The quantitative estimate of drug-likeness (QED) is 0.728. The fourth-order valence-electron chi connectivity index (χ4n) is 2.71. The van der Waals surface area contributed by atoms with E-state index in [0.29, 0.717) is 11.9 Å². The maximum atomic E-state index is 6.15. The van der Waals surface area contributed by atoms with Crippen molar-refractivity contribution in [2.75, 3.05) is 17.6 Å². The highest BCUT2D eigenvalue weighted by Gasteiger charge is 2.29. The number of nitrogens with one attached hydrogen (secondary N) is 1. The molecule has 1 aromatic heterocycles. The van der Waals surface area contributed by atoms with E-state index in [1.54, 1.807) is 0 Å². The summed E-state index contributed by atoms with van der Waals surface area (Å²) in [4.78, 5) is 8.56. The third-order valence-electron chi connectivity index (χ3n) is 4.01. The summed E-state index contributed by atoms with van der Waals surface area (Å²) in [5, 5.41) is 4.08. The number of halogens is 3. The maximum Gasteiger partial charge on any atom is 0.222 e. The van der Waals surface area contributed by atoms with Crippen LogP contribution in [-0.2, 0) is 6.42 Å². The first kappa shape index (κ1) is 20.8. The van der Waals surface area contributed by atoms with Crippen LogP contribution in [-0.4, -0.2) is 22.6 Å². The van der Waals surface area contributed by atoms with Crippen LogP contribution < -0.4 is 16.8 Å². The van der Waals surface area contributed by atoms with Crippen molar-refractivity contribution < 1.29 is 0 Å². The van der Waals surface area contributed by atoms with E-state index < -0.39 is 0 Å². The fourth-order valence-corrected chi connectivity index (χ4v) is 2.94. The SMILES string of the molecule is Cl.Cl.Nc1nc(NCCc2ccccc2Cl)cc(C2CC(N)C2)n1. The normalized spacial score (nSPS) is 18.8. The summed E-state index contributed by atoms with van der Waals surface area (Å²) >= 11 is 6.15. The second-order valence-electron chi connectivity index (χ2n) is 5.73. The highest BCUT2D eigenvalue weighted by Crippen LogP contribution is 2.35. The molecule has 0 atom stereocenters. The predicted molar refractivity (Wildman–Crippen MR) is 105 cm³/mol. The molecule has 1 aliphatic rings. The lowest BCUT2D eigenvalue weighted by Crippen LogP contribution is -2.35. The Morgan fingerprint density at radius 3 is 2.54 bits per heavy atom. The molecule has 0 amide bonds. The number of nitrogens with zero attached hydrogens (tertiary/aromatic N) is 2. The fraction of sp³-hybridized carbons (Fsp3) is 0.375. The van der Waals surface area contributed by atoms with Crippen LogP contribution in [0, 0.1) is 0 Å². The largest absolute Gasteiger partial charge is 0.370 e.